The van der Waals surface area contributed by atoms with Gasteiger partial charge in [0.05, 0.1) is 0 Å². The van der Waals surface area contributed by atoms with Crippen LogP contribution in [0.25, 0.3) is 0 Å². The summed E-state index contributed by atoms with van der Waals surface area (Å²) in [7, 11) is 0. The van der Waals surface area contributed by atoms with Crippen molar-refractivity contribution in [2.24, 2.45) is 0 Å². The highest BCUT2D eigenvalue weighted by Crippen LogP contribution is 2.40. The molecule has 120 valence electrons. The monoisotopic (exact) mass is 303 g/mol. The Morgan fingerprint density at radius 3 is 2.50 bits per heavy atom. The summed E-state index contributed by atoms with van der Waals surface area (Å²) in [6.07, 6.45) is 1.82. The van der Waals surface area contributed by atoms with Crippen LogP contribution in [0.1, 0.15) is 45.1 Å². The van der Waals surface area contributed by atoms with Gasteiger partial charge in [-0.3, -0.25) is 4.79 Å². The van der Waals surface area contributed by atoms with Crippen molar-refractivity contribution < 1.29 is 9.59 Å². The first kappa shape index (κ1) is 16.3. The fraction of sp³-hybridized carbons (Fsp3) is 0.529. The molecule has 0 bridgehead atoms. The van der Waals surface area contributed by atoms with Gasteiger partial charge in [0.25, 0.3) is 0 Å². The predicted octanol–water partition coefficient (Wildman–Crippen LogP) is 2.14. The van der Waals surface area contributed by atoms with E-state index in [1.54, 1.807) is 6.92 Å². The van der Waals surface area contributed by atoms with Gasteiger partial charge in [0.15, 0.2) is 0 Å². The van der Waals surface area contributed by atoms with Gasteiger partial charge in [-0.2, -0.15) is 0 Å². The van der Waals surface area contributed by atoms with Gasteiger partial charge < -0.3 is 16.0 Å². The maximum atomic E-state index is 11.9. The quantitative estimate of drug-likeness (QED) is 0.753. The molecule has 1 aromatic carbocycles. The lowest BCUT2D eigenvalue weighted by molar-refractivity contribution is -0.123. The zero-order valence-corrected chi connectivity index (χ0v) is 13.4. The van der Waals surface area contributed by atoms with E-state index in [0.717, 1.165) is 12.8 Å². The molecule has 1 aromatic rings. The number of hydrogen-bond acceptors (Lipinski definition) is 2. The lowest BCUT2D eigenvalue weighted by atomic mass is 10.1. The molecule has 0 radical (unpaired) electrons. The molecule has 5 nitrogen and oxygen atoms in total. The first-order chi connectivity index (χ1) is 10.5. The summed E-state index contributed by atoms with van der Waals surface area (Å²) >= 11 is 0. The Hall–Kier alpha value is -2.04. The van der Waals surface area contributed by atoms with Crippen molar-refractivity contribution in [3.63, 3.8) is 0 Å². The Kier molecular flexibility index (Phi) is 5.41. The zero-order chi connectivity index (χ0) is 16.1. The highest BCUT2D eigenvalue weighted by molar-refractivity contribution is 5.87. The summed E-state index contributed by atoms with van der Waals surface area (Å²) < 4.78 is 0. The van der Waals surface area contributed by atoms with E-state index in [4.69, 9.17) is 0 Å². The molecule has 22 heavy (non-hydrogen) atoms. The van der Waals surface area contributed by atoms with Crippen molar-refractivity contribution in [2.75, 3.05) is 0 Å². The third-order valence-electron chi connectivity index (χ3n) is 4.08. The second-order valence-corrected chi connectivity index (χ2v) is 6.02. The van der Waals surface area contributed by atoms with Gasteiger partial charge in [-0.05, 0) is 32.3 Å². The third kappa shape index (κ3) is 4.48. The van der Waals surface area contributed by atoms with Gasteiger partial charge in [-0.25, -0.2) is 4.79 Å². The fourth-order valence-corrected chi connectivity index (χ4v) is 2.37. The number of nitrogens with one attached hydrogen (secondary N) is 3. The number of benzene rings is 1. The van der Waals surface area contributed by atoms with Crippen LogP contribution in [0, 0.1) is 0 Å². The van der Waals surface area contributed by atoms with Gasteiger partial charge in [0.2, 0.25) is 5.91 Å². The van der Waals surface area contributed by atoms with E-state index in [1.807, 2.05) is 32.0 Å². The Morgan fingerprint density at radius 2 is 1.86 bits per heavy atom. The van der Waals surface area contributed by atoms with Crippen LogP contribution in [-0.2, 0) is 4.79 Å². The highest BCUT2D eigenvalue weighted by Gasteiger charge is 2.39. The molecule has 4 atom stereocenters. The molecule has 1 saturated carbocycles. The Labute approximate surface area is 131 Å². The van der Waals surface area contributed by atoms with Crippen molar-refractivity contribution in [2.45, 2.75) is 57.7 Å². The van der Waals surface area contributed by atoms with Gasteiger partial charge in [-0.15, -0.1) is 0 Å². The summed E-state index contributed by atoms with van der Waals surface area (Å²) in [5.74, 6) is 0.233. The van der Waals surface area contributed by atoms with Crippen LogP contribution in [0.3, 0.4) is 0 Å². The molecule has 2 rings (SSSR count). The Bertz CT molecular complexity index is 518. The number of rotatable bonds is 6. The second kappa shape index (κ2) is 7.29. The minimum absolute atomic E-state index is 0.116. The van der Waals surface area contributed by atoms with E-state index in [0.29, 0.717) is 5.92 Å². The molecule has 1 aliphatic rings. The van der Waals surface area contributed by atoms with Crippen LogP contribution in [0.15, 0.2) is 30.3 Å². The SMILES string of the molecule is CCC(C)NC(=O)C(C)NC(=O)NC1CC1c1ccccc1. The Balaban J connectivity index is 1.74. The number of carbonyl (C=O) groups is 2. The maximum Gasteiger partial charge on any atom is 0.315 e. The predicted molar refractivity (Wildman–Crippen MR) is 86.6 cm³/mol. The minimum Gasteiger partial charge on any atom is -0.352 e. The first-order valence-electron chi connectivity index (χ1n) is 7.93. The fourth-order valence-electron chi connectivity index (χ4n) is 2.37. The topological polar surface area (TPSA) is 70.2 Å². The molecule has 0 aromatic heterocycles. The van der Waals surface area contributed by atoms with Crippen molar-refractivity contribution in [1.29, 1.82) is 0 Å². The summed E-state index contributed by atoms with van der Waals surface area (Å²) in [6, 6.07) is 9.60. The lowest BCUT2D eigenvalue weighted by Gasteiger charge is -2.17. The Morgan fingerprint density at radius 1 is 1.18 bits per heavy atom. The molecule has 3 N–H and O–H groups in total. The van der Waals surface area contributed by atoms with E-state index in [2.05, 4.69) is 28.1 Å². The molecular weight excluding hydrogens is 278 g/mol. The van der Waals surface area contributed by atoms with E-state index >= 15 is 0 Å². The second-order valence-electron chi connectivity index (χ2n) is 6.02. The standard InChI is InChI=1S/C17H25N3O2/c1-4-11(2)18-16(21)12(3)19-17(22)20-15-10-14(15)13-8-6-5-7-9-13/h5-9,11-12,14-15H,4,10H2,1-3H3,(H,18,21)(H2,19,20,22). The summed E-state index contributed by atoms with van der Waals surface area (Å²) in [5, 5.41) is 8.47. The third-order valence-corrected chi connectivity index (χ3v) is 4.08. The van der Waals surface area contributed by atoms with Gasteiger partial charge in [0, 0.05) is 18.0 Å². The molecule has 4 unspecified atom stereocenters. The van der Waals surface area contributed by atoms with Crippen molar-refractivity contribution in [3.8, 4) is 0 Å². The molecule has 0 heterocycles. The number of urea groups is 1. The van der Waals surface area contributed by atoms with E-state index < -0.39 is 6.04 Å². The van der Waals surface area contributed by atoms with E-state index in [-0.39, 0.29) is 24.0 Å². The number of amides is 3. The molecule has 1 fully saturated rings. The van der Waals surface area contributed by atoms with Crippen LogP contribution < -0.4 is 16.0 Å². The molecule has 0 aliphatic heterocycles. The van der Waals surface area contributed by atoms with Crippen LogP contribution in [0.4, 0.5) is 4.79 Å². The van der Waals surface area contributed by atoms with Crippen LogP contribution in [0.5, 0.6) is 0 Å². The highest BCUT2D eigenvalue weighted by atomic mass is 16.2. The average Bonchev–Trinajstić information content (AvgIpc) is 3.26. The molecule has 1 aliphatic carbocycles. The largest absolute Gasteiger partial charge is 0.352 e. The zero-order valence-electron chi connectivity index (χ0n) is 13.4. The van der Waals surface area contributed by atoms with E-state index in [9.17, 15) is 9.59 Å². The van der Waals surface area contributed by atoms with Crippen LogP contribution >= 0.6 is 0 Å². The number of carbonyl (C=O) groups excluding carboxylic acids is 2. The molecule has 0 spiro atoms. The average molecular weight is 303 g/mol. The van der Waals surface area contributed by atoms with Crippen LogP contribution in [-0.4, -0.2) is 30.1 Å². The van der Waals surface area contributed by atoms with Crippen molar-refractivity contribution in [3.05, 3.63) is 35.9 Å². The van der Waals surface area contributed by atoms with Crippen LogP contribution in [0.2, 0.25) is 0 Å². The number of hydrogen-bond donors (Lipinski definition) is 3. The lowest BCUT2D eigenvalue weighted by Crippen LogP contribution is -2.50. The van der Waals surface area contributed by atoms with Gasteiger partial charge >= 0.3 is 6.03 Å². The summed E-state index contributed by atoms with van der Waals surface area (Å²) in [4.78, 5) is 23.8. The minimum atomic E-state index is -0.539. The van der Waals surface area contributed by atoms with Crippen molar-refractivity contribution >= 4 is 11.9 Å². The molecule has 5 heteroatoms. The molecule has 3 amide bonds. The molecule has 0 saturated heterocycles. The normalized spacial score (nSPS) is 22.3. The maximum absolute atomic E-state index is 11.9. The smallest absolute Gasteiger partial charge is 0.315 e. The summed E-state index contributed by atoms with van der Waals surface area (Å²) in [5.41, 5.74) is 1.25. The van der Waals surface area contributed by atoms with E-state index in [1.165, 1.54) is 5.56 Å². The summed E-state index contributed by atoms with van der Waals surface area (Å²) in [6.45, 7) is 5.64. The van der Waals surface area contributed by atoms with Gasteiger partial charge in [-0.1, -0.05) is 37.3 Å². The first-order valence-corrected chi connectivity index (χ1v) is 7.93. The van der Waals surface area contributed by atoms with Crippen molar-refractivity contribution in [1.82, 2.24) is 16.0 Å². The molecular formula is C17H25N3O2. The van der Waals surface area contributed by atoms with Gasteiger partial charge in [0.1, 0.15) is 6.04 Å².